The molecule has 0 aliphatic carbocycles. The molecule has 2 amide bonds. The van der Waals surface area contributed by atoms with Crippen LogP contribution in [0.5, 0.6) is 0 Å². The molecule has 0 aliphatic heterocycles. The quantitative estimate of drug-likeness (QED) is 0.450. The van der Waals surface area contributed by atoms with Crippen molar-refractivity contribution in [1.82, 2.24) is 25.5 Å². The first-order valence-corrected chi connectivity index (χ1v) is 10.6. The maximum absolute atomic E-state index is 14.3. The predicted molar refractivity (Wildman–Crippen MR) is 118 cm³/mol. The van der Waals surface area contributed by atoms with Gasteiger partial charge in [-0.1, -0.05) is 36.4 Å². The average molecular weight is 450 g/mol. The molecular weight excluding hydrogens is 431 g/mol. The van der Waals surface area contributed by atoms with Crippen molar-refractivity contribution in [2.75, 3.05) is 5.32 Å². The van der Waals surface area contributed by atoms with Gasteiger partial charge in [0.1, 0.15) is 17.5 Å². The normalized spacial score (nSPS) is 11.7. The predicted octanol–water partition coefficient (Wildman–Crippen LogP) is 3.15. The fraction of sp³-hybridized carbons (Fsp3) is 0.136. The summed E-state index contributed by atoms with van der Waals surface area (Å²) in [6, 6.07) is 16.1. The van der Waals surface area contributed by atoms with Crippen molar-refractivity contribution in [1.29, 1.82) is 0 Å². The minimum Gasteiger partial charge on any atom is -0.339 e. The molecule has 0 aliphatic rings. The summed E-state index contributed by atoms with van der Waals surface area (Å²) in [5.74, 6) is -0.896. The number of thiophene rings is 1. The second-order valence-electron chi connectivity index (χ2n) is 6.99. The number of carbonyl (C=O) groups excluding carboxylic acids is 2. The van der Waals surface area contributed by atoms with Gasteiger partial charge in [-0.3, -0.25) is 9.59 Å². The Balaban J connectivity index is 1.56. The van der Waals surface area contributed by atoms with Gasteiger partial charge < -0.3 is 10.6 Å². The SMILES string of the molecule is Cc1nnnn1-c1cc(NC(=O)C(Cc2ccccc2)NC(=O)c2cccs2)ccc1F. The van der Waals surface area contributed by atoms with Crippen LogP contribution in [0.2, 0.25) is 0 Å². The molecule has 10 heteroatoms. The zero-order valence-corrected chi connectivity index (χ0v) is 17.8. The maximum Gasteiger partial charge on any atom is 0.262 e. The lowest BCUT2D eigenvalue weighted by atomic mass is 10.0. The fourth-order valence-electron chi connectivity index (χ4n) is 3.13. The number of amides is 2. The number of carbonyl (C=O) groups is 2. The molecule has 2 aromatic heterocycles. The Labute approximate surface area is 187 Å². The largest absolute Gasteiger partial charge is 0.339 e. The van der Waals surface area contributed by atoms with E-state index in [2.05, 4.69) is 26.2 Å². The van der Waals surface area contributed by atoms with Crippen LogP contribution in [0.4, 0.5) is 10.1 Å². The lowest BCUT2D eigenvalue weighted by Gasteiger charge is -2.19. The van der Waals surface area contributed by atoms with E-state index in [1.807, 2.05) is 30.3 Å². The highest BCUT2D eigenvalue weighted by Crippen LogP contribution is 2.19. The number of tetrazole rings is 1. The van der Waals surface area contributed by atoms with Crippen LogP contribution in [0.25, 0.3) is 5.69 Å². The zero-order valence-electron chi connectivity index (χ0n) is 17.0. The maximum atomic E-state index is 14.3. The molecule has 0 saturated heterocycles. The topological polar surface area (TPSA) is 102 Å². The first-order chi connectivity index (χ1) is 15.5. The minimum absolute atomic E-state index is 0.104. The van der Waals surface area contributed by atoms with Crippen LogP contribution in [0.3, 0.4) is 0 Å². The van der Waals surface area contributed by atoms with Crippen LogP contribution in [0.15, 0.2) is 66.0 Å². The van der Waals surface area contributed by atoms with Gasteiger partial charge in [0.05, 0.1) is 4.88 Å². The summed E-state index contributed by atoms with van der Waals surface area (Å²) in [6.45, 7) is 1.64. The molecule has 0 spiro atoms. The van der Waals surface area contributed by atoms with Crippen LogP contribution >= 0.6 is 11.3 Å². The van der Waals surface area contributed by atoms with E-state index in [1.165, 1.54) is 34.2 Å². The highest BCUT2D eigenvalue weighted by atomic mass is 32.1. The number of aromatic nitrogens is 4. The Morgan fingerprint density at radius 2 is 1.94 bits per heavy atom. The van der Waals surface area contributed by atoms with Gasteiger partial charge in [-0.05, 0) is 52.6 Å². The van der Waals surface area contributed by atoms with Crippen molar-refractivity contribution in [2.45, 2.75) is 19.4 Å². The molecule has 0 fully saturated rings. The summed E-state index contributed by atoms with van der Waals surface area (Å²) in [4.78, 5) is 26.2. The molecule has 1 atom stereocenters. The number of halogens is 1. The van der Waals surface area contributed by atoms with E-state index < -0.39 is 17.8 Å². The molecule has 32 heavy (non-hydrogen) atoms. The van der Waals surface area contributed by atoms with Gasteiger partial charge in [0, 0.05) is 12.1 Å². The van der Waals surface area contributed by atoms with E-state index in [0.717, 1.165) is 5.56 Å². The Hall–Kier alpha value is -3.92. The molecule has 0 bridgehead atoms. The zero-order chi connectivity index (χ0) is 22.5. The molecule has 2 heterocycles. The van der Waals surface area contributed by atoms with E-state index >= 15 is 0 Å². The molecule has 1 unspecified atom stereocenters. The first-order valence-electron chi connectivity index (χ1n) is 9.75. The fourth-order valence-corrected chi connectivity index (χ4v) is 3.76. The van der Waals surface area contributed by atoms with Gasteiger partial charge in [0.25, 0.3) is 5.91 Å². The Bertz CT molecular complexity index is 1230. The summed E-state index contributed by atoms with van der Waals surface area (Å²) in [5, 5.41) is 18.4. The van der Waals surface area contributed by atoms with Crippen molar-refractivity contribution in [3.05, 3.63) is 88.1 Å². The second kappa shape index (κ2) is 9.48. The minimum atomic E-state index is -0.838. The van der Waals surface area contributed by atoms with Crippen LogP contribution in [0, 0.1) is 12.7 Å². The summed E-state index contributed by atoms with van der Waals surface area (Å²) in [5.41, 5.74) is 1.35. The molecule has 0 saturated carbocycles. The van der Waals surface area contributed by atoms with E-state index in [1.54, 1.807) is 24.4 Å². The summed E-state index contributed by atoms with van der Waals surface area (Å²) < 4.78 is 15.6. The Kier molecular flexibility index (Phi) is 6.31. The van der Waals surface area contributed by atoms with E-state index in [-0.39, 0.29) is 11.6 Å². The van der Waals surface area contributed by atoms with Gasteiger partial charge in [-0.25, -0.2) is 4.39 Å². The van der Waals surface area contributed by atoms with Gasteiger partial charge in [0.2, 0.25) is 5.91 Å². The molecule has 162 valence electrons. The number of aryl methyl sites for hydroxylation is 1. The average Bonchev–Trinajstić information content (AvgIpc) is 3.47. The number of hydrogen-bond acceptors (Lipinski definition) is 6. The van der Waals surface area contributed by atoms with Crippen molar-refractivity contribution < 1.29 is 14.0 Å². The van der Waals surface area contributed by atoms with E-state index in [4.69, 9.17) is 0 Å². The van der Waals surface area contributed by atoms with Crippen molar-refractivity contribution in [2.24, 2.45) is 0 Å². The van der Waals surface area contributed by atoms with Gasteiger partial charge >= 0.3 is 0 Å². The number of nitrogens with one attached hydrogen (secondary N) is 2. The molecule has 4 rings (SSSR count). The Morgan fingerprint density at radius 1 is 1.12 bits per heavy atom. The van der Waals surface area contributed by atoms with Gasteiger partial charge in [0.15, 0.2) is 5.82 Å². The highest BCUT2D eigenvalue weighted by molar-refractivity contribution is 7.12. The highest BCUT2D eigenvalue weighted by Gasteiger charge is 2.23. The molecule has 4 aromatic rings. The first kappa shape index (κ1) is 21.3. The Morgan fingerprint density at radius 3 is 2.62 bits per heavy atom. The van der Waals surface area contributed by atoms with Crippen LogP contribution in [-0.2, 0) is 11.2 Å². The second-order valence-corrected chi connectivity index (χ2v) is 7.93. The third-order valence-electron chi connectivity index (χ3n) is 4.72. The van der Waals surface area contributed by atoms with Crippen LogP contribution in [0.1, 0.15) is 21.1 Å². The van der Waals surface area contributed by atoms with Gasteiger partial charge in [-0.15, -0.1) is 16.4 Å². The number of benzene rings is 2. The van der Waals surface area contributed by atoms with Crippen molar-refractivity contribution >= 4 is 28.8 Å². The third-order valence-corrected chi connectivity index (χ3v) is 5.59. The standard InChI is InChI=1S/C22H19FN6O2S/c1-14-26-27-28-29(14)19-13-16(9-10-17(19)23)24-21(30)18(12-15-6-3-2-4-7-15)25-22(31)20-8-5-11-32-20/h2-11,13,18H,12H2,1H3,(H,24,30)(H,25,31). The molecule has 8 nitrogen and oxygen atoms in total. The molecule has 0 radical (unpaired) electrons. The molecular formula is C22H19FN6O2S. The van der Waals surface area contributed by atoms with Crippen molar-refractivity contribution in [3.8, 4) is 5.69 Å². The molecule has 2 aromatic carbocycles. The number of anilines is 1. The van der Waals surface area contributed by atoms with Crippen molar-refractivity contribution in [3.63, 3.8) is 0 Å². The number of rotatable bonds is 7. The monoisotopic (exact) mass is 450 g/mol. The van der Waals surface area contributed by atoms with Crippen LogP contribution < -0.4 is 10.6 Å². The number of hydrogen-bond donors (Lipinski definition) is 2. The van der Waals surface area contributed by atoms with E-state index in [0.29, 0.717) is 22.8 Å². The lowest BCUT2D eigenvalue weighted by Crippen LogP contribution is -2.45. The van der Waals surface area contributed by atoms with Crippen LogP contribution in [-0.4, -0.2) is 38.1 Å². The van der Waals surface area contributed by atoms with E-state index in [9.17, 15) is 14.0 Å². The lowest BCUT2D eigenvalue weighted by molar-refractivity contribution is -0.118. The summed E-state index contributed by atoms with van der Waals surface area (Å²) >= 11 is 1.29. The smallest absolute Gasteiger partial charge is 0.262 e. The molecule has 2 N–H and O–H groups in total. The van der Waals surface area contributed by atoms with Gasteiger partial charge in [-0.2, -0.15) is 4.68 Å². The third kappa shape index (κ3) is 4.86. The summed E-state index contributed by atoms with van der Waals surface area (Å²) in [6.07, 6.45) is 0.296. The number of nitrogens with zero attached hydrogens (tertiary/aromatic N) is 4. The summed E-state index contributed by atoms with van der Waals surface area (Å²) in [7, 11) is 0.